The highest BCUT2D eigenvalue weighted by atomic mass is 35.5. The fraction of sp³-hybridized carbons (Fsp3) is 0.800. The average Bonchev–Trinajstić information content (AvgIpc) is 2.11. The van der Waals surface area contributed by atoms with Crippen LogP contribution in [-0.2, 0) is 0 Å². The van der Waals surface area contributed by atoms with Crippen LogP contribution >= 0.6 is 11.6 Å². The van der Waals surface area contributed by atoms with Crippen molar-refractivity contribution in [3.63, 3.8) is 0 Å². The first-order valence-corrected chi connectivity index (χ1v) is 5.23. The number of hydrogen-bond donors (Lipinski definition) is 1. The standard InChI is InChI=1S/C10H17ClF2O/c1-3-4-5-6-7-10(2,14)8(11)9(12)13/h14H,3-7H2,1-2H3. The zero-order chi connectivity index (χ0) is 11.2. The highest BCUT2D eigenvalue weighted by molar-refractivity contribution is 6.30. The van der Waals surface area contributed by atoms with Crippen LogP contribution in [0, 0.1) is 0 Å². The lowest BCUT2D eigenvalue weighted by molar-refractivity contribution is 0.0881. The smallest absolute Gasteiger partial charge is 0.287 e. The van der Waals surface area contributed by atoms with Gasteiger partial charge in [-0.05, 0) is 13.3 Å². The summed E-state index contributed by atoms with van der Waals surface area (Å²) in [5.41, 5.74) is -1.58. The Bertz CT molecular complexity index is 198. The molecule has 0 aliphatic heterocycles. The molecular formula is C10H17ClF2O. The number of aliphatic hydroxyl groups is 1. The third-order valence-corrected chi connectivity index (χ3v) is 2.71. The minimum absolute atomic E-state index is 0.281. The van der Waals surface area contributed by atoms with Gasteiger partial charge in [-0.1, -0.05) is 44.2 Å². The van der Waals surface area contributed by atoms with E-state index in [9.17, 15) is 13.9 Å². The van der Waals surface area contributed by atoms with Crippen LogP contribution in [0.2, 0.25) is 0 Å². The van der Waals surface area contributed by atoms with Gasteiger partial charge in [0.2, 0.25) is 0 Å². The Balaban J connectivity index is 4.02. The molecule has 0 fully saturated rings. The molecule has 0 bridgehead atoms. The maximum Gasteiger partial charge on any atom is 0.287 e. The first-order valence-electron chi connectivity index (χ1n) is 4.85. The average molecular weight is 227 g/mol. The maximum atomic E-state index is 12.1. The van der Waals surface area contributed by atoms with E-state index < -0.39 is 16.7 Å². The van der Waals surface area contributed by atoms with Crippen molar-refractivity contribution in [1.29, 1.82) is 0 Å². The lowest BCUT2D eigenvalue weighted by atomic mass is 9.98. The number of hydrogen-bond acceptors (Lipinski definition) is 1. The SMILES string of the molecule is CCCCCCC(C)(O)C(Cl)=C(F)F. The molecule has 0 saturated heterocycles. The Morgan fingerprint density at radius 2 is 1.86 bits per heavy atom. The number of unbranched alkanes of at least 4 members (excludes halogenated alkanes) is 3. The van der Waals surface area contributed by atoms with Crippen molar-refractivity contribution in [3.05, 3.63) is 11.1 Å². The third kappa shape index (κ3) is 4.91. The molecule has 4 heteroatoms. The predicted octanol–water partition coefficient (Wildman–Crippen LogP) is 4.05. The van der Waals surface area contributed by atoms with Crippen molar-refractivity contribution >= 4 is 11.6 Å². The number of rotatable bonds is 6. The van der Waals surface area contributed by atoms with E-state index in [4.69, 9.17) is 11.6 Å². The van der Waals surface area contributed by atoms with Crippen LogP contribution in [0.25, 0.3) is 0 Å². The molecule has 0 radical (unpaired) electrons. The Morgan fingerprint density at radius 1 is 1.29 bits per heavy atom. The van der Waals surface area contributed by atoms with Gasteiger partial charge < -0.3 is 5.11 Å². The molecule has 1 nitrogen and oxygen atoms in total. The molecule has 0 aromatic rings. The normalized spacial score (nSPS) is 15.0. The van der Waals surface area contributed by atoms with Crippen molar-refractivity contribution in [3.8, 4) is 0 Å². The molecule has 84 valence electrons. The molecule has 0 aliphatic rings. The van der Waals surface area contributed by atoms with E-state index in [1.807, 2.05) is 0 Å². The summed E-state index contributed by atoms with van der Waals surface area (Å²) in [6.07, 6.45) is 2.06. The van der Waals surface area contributed by atoms with E-state index in [-0.39, 0.29) is 6.42 Å². The summed E-state index contributed by atoms with van der Waals surface area (Å²) in [7, 11) is 0. The second-order valence-electron chi connectivity index (χ2n) is 3.66. The highest BCUT2D eigenvalue weighted by Crippen LogP contribution is 2.30. The zero-order valence-corrected chi connectivity index (χ0v) is 9.37. The van der Waals surface area contributed by atoms with Crippen molar-refractivity contribution in [2.24, 2.45) is 0 Å². The maximum absolute atomic E-state index is 12.1. The third-order valence-electron chi connectivity index (χ3n) is 2.16. The summed E-state index contributed by atoms with van der Waals surface area (Å²) in [6.45, 7) is 3.38. The molecular weight excluding hydrogens is 210 g/mol. The molecule has 0 aromatic carbocycles. The molecule has 1 unspecified atom stereocenters. The molecule has 0 aromatic heterocycles. The van der Waals surface area contributed by atoms with E-state index in [2.05, 4.69) is 6.92 Å². The Kier molecular flexibility index (Phi) is 6.29. The van der Waals surface area contributed by atoms with Gasteiger partial charge in [0.1, 0.15) is 10.6 Å². The van der Waals surface area contributed by atoms with Crippen LogP contribution in [0.3, 0.4) is 0 Å². The van der Waals surface area contributed by atoms with Gasteiger partial charge in [-0.3, -0.25) is 0 Å². The van der Waals surface area contributed by atoms with Crippen LogP contribution in [0.5, 0.6) is 0 Å². The second-order valence-corrected chi connectivity index (χ2v) is 4.04. The van der Waals surface area contributed by atoms with Crippen LogP contribution in [0.4, 0.5) is 8.78 Å². The van der Waals surface area contributed by atoms with Crippen LogP contribution in [0.1, 0.15) is 46.0 Å². The lowest BCUT2D eigenvalue weighted by Crippen LogP contribution is -2.24. The summed E-state index contributed by atoms with van der Waals surface area (Å²) in [5, 5.41) is 8.86. The Labute approximate surface area is 88.8 Å². The topological polar surface area (TPSA) is 20.2 Å². The molecule has 14 heavy (non-hydrogen) atoms. The minimum Gasteiger partial charge on any atom is -0.384 e. The minimum atomic E-state index is -1.99. The second kappa shape index (κ2) is 6.36. The summed E-state index contributed by atoms with van der Waals surface area (Å²) >= 11 is 5.30. The molecule has 0 rings (SSSR count). The van der Waals surface area contributed by atoms with Crippen molar-refractivity contribution in [1.82, 2.24) is 0 Å². The molecule has 0 amide bonds. The first kappa shape index (κ1) is 13.8. The van der Waals surface area contributed by atoms with Crippen molar-refractivity contribution < 1.29 is 13.9 Å². The van der Waals surface area contributed by atoms with Gasteiger partial charge in [0.25, 0.3) is 6.08 Å². The van der Waals surface area contributed by atoms with Gasteiger partial charge in [-0.2, -0.15) is 8.78 Å². The molecule has 0 heterocycles. The van der Waals surface area contributed by atoms with E-state index in [0.717, 1.165) is 19.3 Å². The molecule has 0 saturated carbocycles. The van der Waals surface area contributed by atoms with E-state index in [1.54, 1.807) is 0 Å². The Hall–Kier alpha value is -0.150. The zero-order valence-electron chi connectivity index (χ0n) is 8.62. The summed E-state index contributed by atoms with van der Waals surface area (Å²) in [6, 6.07) is 0. The van der Waals surface area contributed by atoms with Crippen LogP contribution < -0.4 is 0 Å². The largest absolute Gasteiger partial charge is 0.384 e. The fourth-order valence-electron chi connectivity index (χ4n) is 1.21. The van der Waals surface area contributed by atoms with Crippen molar-refractivity contribution in [2.45, 2.75) is 51.6 Å². The van der Waals surface area contributed by atoms with E-state index >= 15 is 0 Å². The van der Waals surface area contributed by atoms with Gasteiger partial charge >= 0.3 is 0 Å². The summed E-state index contributed by atoms with van der Waals surface area (Å²) in [5.74, 6) is 0. The summed E-state index contributed by atoms with van der Waals surface area (Å²) < 4.78 is 24.2. The van der Waals surface area contributed by atoms with Crippen molar-refractivity contribution in [2.75, 3.05) is 0 Å². The molecule has 0 spiro atoms. The molecule has 0 aliphatic carbocycles. The summed E-state index contributed by atoms with van der Waals surface area (Å²) in [4.78, 5) is 0. The van der Waals surface area contributed by atoms with Gasteiger partial charge in [0.15, 0.2) is 0 Å². The molecule has 1 N–H and O–H groups in total. The Morgan fingerprint density at radius 3 is 2.29 bits per heavy atom. The van der Waals surface area contributed by atoms with Gasteiger partial charge in [0, 0.05) is 0 Å². The quantitative estimate of drug-likeness (QED) is 0.678. The van der Waals surface area contributed by atoms with E-state index in [0.29, 0.717) is 6.42 Å². The predicted molar refractivity (Wildman–Crippen MR) is 54.5 cm³/mol. The number of halogens is 3. The van der Waals surface area contributed by atoms with Crippen LogP contribution in [0.15, 0.2) is 11.1 Å². The van der Waals surface area contributed by atoms with Gasteiger partial charge in [-0.25, -0.2) is 0 Å². The fourth-order valence-corrected chi connectivity index (χ4v) is 1.30. The molecule has 1 atom stereocenters. The monoisotopic (exact) mass is 226 g/mol. The lowest BCUT2D eigenvalue weighted by Gasteiger charge is -2.21. The van der Waals surface area contributed by atoms with Gasteiger partial charge in [-0.15, -0.1) is 0 Å². The van der Waals surface area contributed by atoms with Crippen LogP contribution in [-0.4, -0.2) is 10.7 Å². The first-order chi connectivity index (χ1) is 6.41. The van der Waals surface area contributed by atoms with E-state index in [1.165, 1.54) is 6.92 Å². The highest BCUT2D eigenvalue weighted by Gasteiger charge is 2.27. The van der Waals surface area contributed by atoms with Gasteiger partial charge in [0.05, 0.1) is 0 Å².